The van der Waals surface area contributed by atoms with Gasteiger partial charge in [-0.05, 0) is 57.8 Å². The SMILES string of the molecule is CC/C=C\C/C=C\C/C=C\C/C=C\C/C=C\CCCCCC(=O)OCC(O)COP(=O)(O)OCC(NC(=O)CCCCCCCCCCCCCCCCCC)C(=O)O. The second kappa shape index (κ2) is 41.9. The van der Waals surface area contributed by atoms with Crippen molar-refractivity contribution >= 4 is 25.7 Å². The zero-order chi connectivity index (χ0) is 43.5. The summed E-state index contributed by atoms with van der Waals surface area (Å²) in [4.78, 5) is 46.0. The fourth-order valence-corrected chi connectivity index (χ4v) is 6.82. The van der Waals surface area contributed by atoms with E-state index in [2.05, 4.69) is 79.9 Å². The number of aliphatic hydroxyl groups is 1. The highest BCUT2D eigenvalue weighted by Crippen LogP contribution is 2.43. The number of carbonyl (C=O) groups is 3. The van der Waals surface area contributed by atoms with Gasteiger partial charge in [0.1, 0.15) is 12.7 Å². The topological polar surface area (TPSA) is 169 Å². The van der Waals surface area contributed by atoms with E-state index in [1.54, 1.807) is 0 Å². The average Bonchev–Trinajstić information content (AvgIpc) is 3.21. The van der Waals surface area contributed by atoms with Crippen molar-refractivity contribution in [2.24, 2.45) is 0 Å². The summed E-state index contributed by atoms with van der Waals surface area (Å²) in [7, 11) is -4.77. The minimum absolute atomic E-state index is 0.144. The number of esters is 1. The van der Waals surface area contributed by atoms with Gasteiger partial charge < -0.3 is 25.2 Å². The van der Waals surface area contributed by atoms with E-state index >= 15 is 0 Å². The molecule has 3 atom stereocenters. The number of aliphatic hydroxyl groups excluding tert-OH is 1. The Kier molecular flexibility index (Phi) is 39.9. The molecule has 0 radical (unpaired) electrons. The van der Waals surface area contributed by atoms with E-state index < -0.39 is 57.6 Å². The molecule has 0 saturated carbocycles. The molecular weight excluding hydrogens is 769 g/mol. The molecule has 1 amide bonds. The van der Waals surface area contributed by atoms with Crippen molar-refractivity contribution < 1.29 is 47.8 Å². The second-order valence-corrected chi connectivity index (χ2v) is 16.7. The minimum atomic E-state index is -4.77. The largest absolute Gasteiger partial charge is 0.480 e. The zero-order valence-electron chi connectivity index (χ0n) is 36.8. The molecule has 59 heavy (non-hydrogen) atoms. The first kappa shape index (κ1) is 56.2. The molecule has 0 aromatic carbocycles. The van der Waals surface area contributed by atoms with Crippen LogP contribution in [-0.4, -0.2) is 64.9 Å². The van der Waals surface area contributed by atoms with Gasteiger partial charge in [0.15, 0.2) is 6.04 Å². The molecule has 0 spiro atoms. The van der Waals surface area contributed by atoms with Crippen LogP contribution in [0.3, 0.4) is 0 Å². The Labute approximate surface area is 357 Å². The van der Waals surface area contributed by atoms with Crippen molar-refractivity contribution in [3.05, 3.63) is 60.8 Å². The van der Waals surface area contributed by atoms with Gasteiger partial charge in [-0.25, -0.2) is 9.36 Å². The zero-order valence-corrected chi connectivity index (χ0v) is 37.7. The van der Waals surface area contributed by atoms with Gasteiger partial charge in [0, 0.05) is 12.8 Å². The summed E-state index contributed by atoms with van der Waals surface area (Å²) < 4.78 is 26.8. The molecule has 340 valence electrons. The normalized spacial score (nSPS) is 14.2. The van der Waals surface area contributed by atoms with Gasteiger partial charge in [0.2, 0.25) is 5.91 Å². The number of hydrogen-bond donors (Lipinski definition) is 4. The van der Waals surface area contributed by atoms with E-state index in [-0.39, 0.29) is 12.8 Å². The number of allylic oxidation sites excluding steroid dienone is 10. The van der Waals surface area contributed by atoms with E-state index in [0.29, 0.717) is 12.8 Å². The molecule has 0 aliphatic carbocycles. The lowest BCUT2D eigenvalue weighted by Crippen LogP contribution is -2.43. The number of carbonyl (C=O) groups excluding carboxylic acids is 2. The van der Waals surface area contributed by atoms with Gasteiger partial charge in [-0.15, -0.1) is 0 Å². The number of rotatable bonds is 42. The number of phosphoric acid groups is 1. The minimum Gasteiger partial charge on any atom is -0.480 e. The van der Waals surface area contributed by atoms with E-state index in [1.807, 2.05) is 0 Å². The highest BCUT2D eigenvalue weighted by molar-refractivity contribution is 7.47. The first-order valence-corrected chi connectivity index (χ1v) is 24.3. The van der Waals surface area contributed by atoms with Gasteiger partial charge >= 0.3 is 19.8 Å². The lowest BCUT2D eigenvalue weighted by Gasteiger charge is -2.18. The molecule has 0 rings (SSSR count). The summed E-state index contributed by atoms with van der Waals surface area (Å²) in [6.45, 7) is 2.45. The van der Waals surface area contributed by atoms with Crippen LogP contribution < -0.4 is 5.32 Å². The second-order valence-electron chi connectivity index (χ2n) is 15.2. The summed E-state index contributed by atoms with van der Waals surface area (Å²) in [5.41, 5.74) is 0. The number of amides is 1. The molecule has 0 aromatic rings. The summed E-state index contributed by atoms with van der Waals surface area (Å²) in [5, 5.41) is 21.8. The van der Waals surface area contributed by atoms with E-state index in [9.17, 15) is 34.1 Å². The number of ether oxygens (including phenoxy) is 1. The predicted octanol–water partition coefficient (Wildman–Crippen LogP) is 11.9. The van der Waals surface area contributed by atoms with Crippen LogP contribution in [0.2, 0.25) is 0 Å². The Balaban J connectivity index is 3.93. The number of carboxylic acid groups (broad SMARTS) is 1. The number of phosphoric ester groups is 1. The van der Waals surface area contributed by atoms with Crippen LogP contribution >= 0.6 is 7.82 Å². The molecule has 4 N–H and O–H groups in total. The molecule has 0 aliphatic heterocycles. The van der Waals surface area contributed by atoms with Crippen molar-refractivity contribution in [1.82, 2.24) is 5.32 Å². The van der Waals surface area contributed by atoms with Gasteiger partial charge in [-0.2, -0.15) is 0 Å². The lowest BCUT2D eigenvalue weighted by molar-refractivity contribution is -0.147. The molecule has 11 nitrogen and oxygen atoms in total. The number of carboxylic acids is 1. The number of hydrogen-bond acceptors (Lipinski definition) is 8. The third-order valence-corrected chi connectivity index (χ3v) is 10.5. The standard InChI is InChI=1S/C47H82NO10P/c1-3-5-7-9-11-13-15-17-19-21-22-23-25-27-29-31-33-35-37-39-46(51)56-40-43(49)41-57-59(54,55)58-42-44(47(52)53)48-45(50)38-36-34-32-30-28-26-24-20-18-16-14-12-10-8-6-4-2/h5,7,11,13,17,19,22-23,27,29,43-44,49H,3-4,6,8-10,12,14-16,18,20-21,24-26,28,30-42H2,1-2H3,(H,48,50)(H,52,53)(H,54,55)/b7-5-,13-11-,19-17-,23-22-,29-27-. The van der Waals surface area contributed by atoms with Crippen LogP contribution in [0.5, 0.6) is 0 Å². The number of nitrogens with one attached hydrogen (secondary N) is 1. The monoisotopic (exact) mass is 852 g/mol. The Morgan fingerprint density at radius 3 is 1.47 bits per heavy atom. The van der Waals surface area contributed by atoms with Gasteiger partial charge in [-0.3, -0.25) is 18.6 Å². The highest BCUT2D eigenvalue weighted by atomic mass is 31.2. The summed E-state index contributed by atoms with van der Waals surface area (Å²) in [6.07, 6.45) is 48.1. The highest BCUT2D eigenvalue weighted by Gasteiger charge is 2.28. The third-order valence-electron chi connectivity index (χ3n) is 9.57. The maximum Gasteiger partial charge on any atom is 0.472 e. The number of aliphatic carboxylic acids is 1. The quantitative estimate of drug-likeness (QED) is 0.0201. The molecule has 0 aromatic heterocycles. The van der Waals surface area contributed by atoms with E-state index in [1.165, 1.54) is 77.0 Å². The number of unbranched alkanes of at least 4 members (excludes halogenated alkanes) is 18. The molecule has 0 fully saturated rings. The summed E-state index contributed by atoms with van der Waals surface area (Å²) >= 11 is 0. The van der Waals surface area contributed by atoms with Gasteiger partial charge in [-0.1, -0.05) is 177 Å². The predicted molar refractivity (Wildman–Crippen MR) is 240 cm³/mol. The Bertz CT molecular complexity index is 1230. The van der Waals surface area contributed by atoms with Crippen LogP contribution in [0.25, 0.3) is 0 Å². The fourth-order valence-electron chi connectivity index (χ4n) is 6.05. The maximum absolute atomic E-state index is 12.3. The van der Waals surface area contributed by atoms with Crippen molar-refractivity contribution in [3.8, 4) is 0 Å². The fraction of sp³-hybridized carbons (Fsp3) is 0.723. The molecule has 3 unspecified atom stereocenters. The Hall–Kier alpha value is -2.82. The molecule has 0 bridgehead atoms. The van der Waals surface area contributed by atoms with Crippen LogP contribution in [0.4, 0.5) is 0 Å². The van der Waals surface area contributed by atoms with Crippen LogP contribution in [0, 0.1) is 0 Å². The van der Waals surface area contributed by atoms with E-state index in [0.717, 1.165) is 70.6 Å². The van der Waals surface area contributed by atoms with Crippen molar-refractivity contribution in [2.45, 2.75) is 199 Å². The summed E-state index contributed by atoms with van der Waals surface area (Å²) in [5.74, 6) is -2.41. The molecule has 12 heteroatoms. The lowest BCUT2D eigenvalue weighted by atomic mass is 10.0. The Morgan fingerprint density at radius 2 is 0.983 bits per heavy atom. The molecular formula is C47H82NO10P. The van der Waals surface area contributed by atoms with Crippen LogP contribution in [0.15, 0.2) is 60.8 Å². The average molecular weight is 852 g/mol. The first-order valence-electron chi connectivity index (χ1n) is 22.8. The van der Waals surface area contributed by atoms with Gasteiger partial charge in [0.25, 0.3) is 0 Å². The van der Waals surface area contributed by atoms with E-state index in [4.69, 9.17) is 13.8 Å². The van der Waals surface area contributed by atoms with Crippen LogP contribution in [-0.2, 0) is 32.7 Å². The first-order chi connectivity index (χ1) is 28.6. The van der Waals surface area contributed by atoms with Gasteiger partial charge in [0.05, 0.1) is 13.2 Å². The molecule has 0 saturated heterocycles. The molecule has 0 heterocycles. The third kappa shape index (κ3) is 41.7. The summed E-state index contributed by atoms with van der Waals surface area (Å²) in [6, 6.07) is -1.55. The Morgan fingerprint density at radius 1 is 0.559 bits per heavy atom. The van der Waals surface area contributed by atoms with Crippen LogP contribution in [0.1, 0.15) is 187 Å². The van der Waals surface area contributed by atoms with Crippen molar-refractivity contribution in [1.29, 1.82) is 0 Å². The van der Waals surface area contributed by atoms with Crippen molar-refractivity contribution in [3.63, 3.8) is 0 Å². The van der Waals surface area contributed by atoms with Crippen molar-refractivity contribution in [2.75, 3.05) is 19.8 Å². The maximum atomic E-state index is 12.3. The smallest absolute Gasteiger partial charge is 0.472 e. The molecule has 0 aliphatic rings.